The Morgan fingerprint density at radius 3 is 2.53 bits per heavy atom. The Morgan fingerprint density at radius 2 is 1.93 bits per heavy atom. The number of carbonyl (C=O) groups is 1. The van der Waals surface area contributed by atoms with Gasteiger partial charge in [0.1, 0.15) is 35.9 Å². The molecule has 2 aliphatic heterocycles. The van der Waals surface area contributed by atoms with Gasteiger partial charge in [-0.25, -0.2) is 13.2 Å². The predicted octanol–water partition coefficient (Wildman–Crippen LogP) is 4.68. The van der Waals surface area contributed by atoms with E-state index in [-0.39, 0.29) is 60.4 Å². The Labute approximate surface area is 251 Å². The number of aromatic nitrogens is 1. The number of nitriles is 1. The molecule has 2 N–H and O–H groups in total. The summed E-state index contributed by atoms with van der Waals surface area (Å²) in [4.78, 5) is 19.6. The number of ether oxygens (including phenoxy) is 2. The zero-order valence-electron chi connectivity index (χ0n) is 23.2. The van der Waals surface area contributed by atoms with E-state index in [0.29, 0.717) is 10.7 Å². The second-order valence-electron chi connectivity index (χ2n) is 10.8. The molecule has 8 nitrogen and oxygen atoms in total. The van der Waals surface area contributed by atoms with Gasteiger partial charge in [0.05, 0.1) is 35.5 Å². The summed E-state index contributed by atoms with van der Waals surface area (Å²) in [5.41, 5.74) is -6.23. The predicted molar refractivity (Wildman–Crippen MR) is 149 cm³/mol. The Hall–Kier alpha value is -3.53. The number of aliphatic hydroxyl groups excluding tert-OH is 1. The molecule has 2 aromatic carbocycles. The topological polar surface area (TPSA) is 116 Å². The number of benzene rings is 2. The Bertz CT molecular complexity index is 1540. The van der Waals surface area contributed by atoms with Crippen LogP contribution in [0.15, 0.2) is 54.7 Å². The van der Waals surface area contributed by atoms with Crippen LogP contribution >= 0.6 is 11.6 Å². The zero-order valence-corrected chi connectivity index (χ0v) is 24.0. The van der Waals surface area contributed by atoms with Crippen LogP contribution in [0.2, 0.25) is 5.02 Å². The third-order valence-corrected chi connectivity index (χ3v) is 8.43. The highest BCUT2D eigenvalue weighted by atomic mass is 35.5. The van der Waals surface area contributed by atoms with E-state index < -0.39 is 48.1 Å². The Morgan fingerprint density at radius 1 is 1.23 bits per heavy atom. The molecule has 12 heteroatoms. The first kappa shape index (κ1) is 30.9. The quantitative estimate of drug-likeness (QED) is 0.359. The number of fused-ring (bicyclic) bond motifs is 1. The average molecular weight is 616 g/mol. The number of nitrogens with zero attached hydrogens (tertiary/aromatic N) is 3. The van der Waals surface area contributed by atoms with Gasteiger partial charge in [-0.3, -0.25) is 14.7 Å². The maximum atomic E-state index is 16.5. The molecule has 0 radical (unpaired) electrons. The summed E-state index contributed by atoms with van der Waals surface area (Å²) in [5.74, 6) is -1.74. The molecule has 3 aromatic rings. The lowest BCUT2D eigenvalue weighted by molar-refractivity contribution is -0.143. The van der Waals surface area contributed by atoms with Gasteiger partial charge < -0.3 is 19.7 Å². The molecule has 43 heavy (non-hydrogen) atoms. The molecule has 1 aromatic heterocycles. The molecule has 1 saturated heterocycles. The lowest BCUT2D eigenvalue weighted by Gasteiger charge is -2.42. The summed E-state index contributed by atoms with van der Waals surface area (Å²) in [5, 5.41) is 31.1. The second kappa shape index (κ2) is 11.9. The number of aliphatic hydroxyl groups is 2. The number of pyridine rings is 1. The van der Waals surface area contributed by atoms with E-state index in [1.165, 1.54) is 60.5 Å². The number of carbonyl (C=O) groups excluding carboxylic acids is 1. The van der Waals surface area contributed by atoms with Crippen molar-refractivity contribution in [3.05, 3.63) is 99.1 Å². The second-order valence-corrected chi connectivity index (χ2v) is 11.3. The fraction of sp³-hybridized carbons (Fsp3) is 0.387. The van der Waals surface area contributed by atoms with Crippen LogP contribution in [0.3, 0.4) is 0 Å². The smallest absolute Gasteiger partial charge is 0.257 e. The summed E-state index contributed by atoms with van der Waals surface area (Å²) < 4.78 is 57.3. The van der Waals surface area contributed by atoms with Crippen molar-refractivity contribution >= 4 is 17.5 Å². The summed E-state index contributed by atoms with van der Waals surface area (Å²) >= 11 is 6.13. The van der Waals surface area contributed by atoms with E-state index >= 15 is 8.78 Å². The minimum absolute atomic E-state index is 0.0643. The van der Waals surface area contributed by atoms with E-state index in [1.807, 2.05) is 6.07 Å². The molecule has 3 heterocycles. The molecule has 0 saturated carbocycles. The Balaban J connectivity index is 1.72. The first-order valence-corrected chi connectivity index (χ1v) is 14.0. The third kappa shape index (κ3) is 5.39. The fourth-order valence-electron chi connectivity index (χ4n) is 5.66. The summed E-state index contributed by atoms with van der Waals surface area (Å²) in [7, 11) is 0. The number of hydrogen-bond donors (Lipinski definition) is 2. The molecule has 1 unspecified atom stereocenters. The summed E-state index contributed by atoms with van der Waals surface area (Å²) in [6, 6.07) is 13.2. The van der Waals surface area contributed by atoms with Crippen molar-refractivity contribution < 1.29 is 37.7 Å². The molecular weight excluding hydrogens is 587 g/mol. The van der Waals surface area contributed by atoms with Gasteiger partial charge in [-0.15, -0.1) is 0 Å². The third-order valence-electron chi connectivity index (χ3n) is 8.18. The van der Waals surface area contributed by atoms with E-state index in [9.17, 15) is 24.7 Å². The number of rotatable bonds is 9. The fourth-order valence-corrected chi connectivity index (χ4v) is 5.79. The normalized spacial score (nSPS) is 21.6. The van der Waals surface area contributed by atoms with E-state index in [0.717, 1.165) is 6.07 Å². The van der Waals surface area contributed by atoms with Crippen LogP contribution in [-0.4, -0.2) is 64.3 Å². The first-order valence-electron chi connectivity index (χ1n) is 13.6. The van der Waals surface area contributed by atoms with Crippen LogP contribution in [0.1, 0.15) is 58.1 Å². The lowest BCUT2D eigenvalue weighted by Crippen LogP contribution is -2.50. The molecule has 3 atom stereocenters. The summed E-state index contributed by atoms with van der Waals surface area (Å²) in [6.45, 7) is -0.693. The zero-order chi connectivity index (χ0) is 31.0. The van der Waals surface area contributed by atoms with Gasteiger partial charge >= 0.3 is 0 Å². The van der Waals surface area contributed by atoms with Gasteiger partial charge in [0.15, 0.2) is 5.72 Å². The summed E-state index contributed by atoms with van der Waals surface area (Å²) in [6.07, 6.45) is -0.559. The van der Waals surface area contributed by atoms with Crippen molar-refractivity contribution in [2.75, 3.05) is 26.5 Å². The SMILES string of the molecule is CC(O)(c1cc(F)c2c(c1)C(=O)N(Cc1ccc(C#N)cn1)[C@@]2(OC[C@H](O)CF)c1ccc(Cl)cc1)C1(F)CCOCC1. The Kier molecular flexibility index (Phi) is 8.53. The van der Waals surface area contributed by atoms with Crippen LogP contribution in [0.4, 0.5) is 13.2 Å². The van der Waals surface area contributed by atoms with Crippen LogP contribution in [-0.2, 0) is 27.3 Å². The van der Waals surface area contributed by atoms with Crippen molar-refractivity contribution in [2.24, 2.45) is 0 Å². The highest BCUT2D eigenvalue weighted by Gasteiger charge is 2.56. The minimum atomic E-state index is -2.19. The van der Waals surface area contributed by atoms with E-state index in [1.54, 1.807) is 0 Å². The molecule has 1 amide bonds. The number of amides is 1. The maximum absolute atomic E-state index is 16.5. The molecule has 0 bridgehead atoms. The number of alkyl halides is 2. The van der Waals surface area contributed by atoms with Gasteiger partial charge in [0.25, 0.3) is 5.91 Å². The van der Waals surface area contributed by atoms with Crippen LogP contribution < -0.4 is 0 Å². The van der Waals surface area contributed by atoms with Gasteiger partial charge in [0, 0.05) is 42.8 Å². The highest BCUT2D eigenvalue weighted by molar-refractivity contribution is 6.30. The average Bonchev–Trinajstić information content (AvgIpc) is 3.24. The van der Waals surface area contributed by atoms with Crippen LogP contribution in [0.5, 0.6) is 0 Å². The first-order chi connectivity index (χ1) is 20.5. The van der Waals surface area contributed by atoms with Crippen LogP contribution in [0.25, 0.3) is 0 Å². The molecule has 0 aliphatic carbocycles. The molecular formula is C31H29ClF3N3O5. The van der Waals surface area contributed by atoms with Crippen molar-refractivity contribution in [1.29, 1.82) is 5.26 Å². The lowest BCUT2D eigenvalue weighted by atomic mass is 9.75. The van der Waals surface area contributed by atoms with Gasteiger partial charge in [-0.2, -0.15) is 5.26 Å². The van der Waals surface area contributed by atoms with Gasteiger partial charge in [0.2, 0.25) is 0 Å². The molecule has 5 rings (SSSR count). The molecule has 1 fully saturated rings. The molecule has 226 valence electrons. The number of halogens is 4. The molecule has 0 spiro atoms. The van der Waals surface area contributed by atoms with E-state index in [2.05, 4.69) is 4.98 Å². The van der Waals surface area contributed by atoms with Crippen molar-refractivity contribution in [3.63, 3.8) is 0 Å². The molecule has 2 aliphatic rings. The minimum Gasteiger partial charge on any atom is -0.388 e. The maximum Gasteiger partial charge on any atom is 0.257 e. The number of hydrogen-bond acceptors (Lipinski definition) is 7. The standard InChI is InChI=1S/C31H29ClF3N3O5/c1-29(41,30(35)8-10-42-11-9-30)21-12-25-27(26(34)13-21)31(43-18-24(39)14-33,20-3-5-22(32)6-4-20)38(28(25)40)17-23-7-2-19(15-36)16-37-23/h2-7,12-13,16,24,39,41H,8-11,14,17-18H2,1H3/t24-,29?,31-/m1/s1. The van der Waals surface area contributed by atoms with Crippen LogP contribution in [0, 0.1) is 17.1 Å². The van der Waals surface area contributed by atoms with Gasteiger partial charge in [-0.05, 0) is 48.9 Å². The largest absolute Gasteiger partial charge is 0.388 e. The monoisotopic (exact) mass is 615 g/mol. The highest BCUT2D eigenvalue weighted by Crippen LogP contribution is 2.50. The van der Waals surface area contributed by atoms with Crippen molar-refractivity contribution in [3.8, 4) is 6.07 Å². The van der Waals surface area contributed by atoms with Gasteiger partial charge in [-0.1, -0.05) is 23.7 Å². The van der Waals surface area contributed by atoms with E-state index in [4.69, 9.17) is 21.1 Å². The van der Waals surface area contributed by atoms with Crippen molar-refractivity contribution in [2.45, 2.75) is 49.4 Å². The van der Waals surface area contributed by atoms with Crippen molar-refractivity contribution in [1.82, 2.24) is 9.88 Å².